The fourth-order valence-corrected chi connectivity index (χ4v) is 0.786. The largest absolute Gasteiger partial charge is 0.374 e. The standard InChI is InChI=1S/C5H6NS/c1-2-4-7-5-6-3-1/h1-2,4,6H,5H2. The first-order valence-electron chi connectivity index (χ1n) is 2.08. The van der Waals surface area contributed by atoms with Gasteiger partial charge in [-0.3, -0.25) is 0 Å². The molecule has 1 aliphatic heterocycles. The third-order valence-corrected chi connectivity index (χ3v) is 1.27. The zero-order chi connectivity index (χ0) is 4.95. The minimum Gasteiger partial charge on any atom is -0.374 e. The van der Waals surface area contributed by atoms with Crippen LogP contribution in [-0.4, -0.2) is 5.88 Å². The molecule has 2 heteroatoms. The van der Waals surface area contributed by atoms with Gasteiger partial charge in [-0.15, -0.1) is 11.8 Å². The molecule has 1 heterocycles. The zero-order valence-electron chi connectivity index (χ0n) is 3.85. The van der Waals surface area contributed by atoms with Gasteiger partial charge in [-0.2, -0.15) is 0 Å². The lowest BCUT2D eigenvalue weighted by Gasteiger charge is -1.87. The van der Waals surface area contributed by atoms with Crippen LogP contribution in [0.1, 0.15) is 0 Å². The average molecular weight is 112 g/mol. The second-order valence-electron chi connectivity index (χ2n) is 1.13. The van der Waals surface area contributed by atoms with Crippen LogP contribution in [0.4, 0.5) is 0 Å². The maximum absolute atomic E-state index is 2.94. The number of rotatable bonds is 0. The van der Waals surface area contributed by atoms with E-state index in [4.69, 9.17) is 0 Å². The van der Waals surface area contributed by atoms with Gasteiger partial charge in [-0.25, -0.2) is 0 Å². The molecule has 37 valence electrons. The Bertz CT molecular complexity index is 84.3. The van der Waals surface area contributed by atoms with Crippen LogP contribution in [0.25, 0.3) is 0 Å². The van der Waals surface area contributed by atoms with Crippen molar-refractivity contribution >= 4 is 11.8 Å². The Morgan fingerprint density at radius 3 is 3.71 bits per heavy atom. The summed E-state index contributed by atoms with van der Waals surface area (Å²) in [6.45, 7) is 0. The average Bonchev–Trinajstić information content (AvgIpc) is 1.90. The molecule has 0 spiro atoms. The Morgan fingerprint density at radius 2 is 2.71 bits per heavy atom. The number of thioether (sulfide) groups is 1. The van der Waals surface area contributed by atoms with E-state index in [1.165, 1.54) is 0 Å². The van der Waals surface area contributed by atoms with Crippen LogP contribution in [0.5, 0.6) is 0 Å². The maximum atomic E-state index is 2.94. The molecule has 0 bridgehead atoms. The van der Waals surface area contributed by atoms with Crippen LogP contribution >= 0.6 is 11.8 Å². The lowest BCUT2D eigenvalue weighted by atomic mass is 10.6. The van der Waals surface area contributed by atoms with Crippen molar-refractivity contribution in [2.75, 3.05) is 5.88 Å². The molecule has 0 aliphatic carbocycles. The minimum absolute atomic E-state index is 0.938. The molecule has 0 atom stereocenters. The maximum Gasteiger partial charge on any atom is 0.0651 e. The Balaban J connectivity index is 2.39. The van der Waals surface area contributed by atoms with Gasteiger partial charge >= 0.3 is 0 Å². The van der Waals surface area contributed by atoms with Crippen molar-refractivity contribution in [2.24, 2.45) is 0 Å². The first kappa shape index (κ1) is 4.78. The molecule has 0 unspecified atom stereocenters. The molecule has 1 rings (SSSR count). The molecule has 1 aliphatic rings. The molecule has 0 aromatic rings. The predicted octanol–water partition coefficient (Wildman–Crippen LogP) is 1.11. The number of hydrogen-bond donors (Lipinski definition) is 1. The van der Waals surface area contributed by atoms with E-state index in [1.54, 1.807) is 11.8 Å². The van der Waals surface area contributed by atoms with Crippen LogP contribution < -0.4 is 5.32 Å². The van der Waals surface area contributed by atoms with Crippen molar-refractivity contribution in [1.82, 2.24) is 5.32 Å². The normalized spacial score (nSPS) is 18.3. The molecule has 0 amide bonds. The topological polar surface area (TPSA) is 12.0 Å². The van der Waals surface area contributed by atoms with Crippen LogP contribution in [0.3, 0.4) is 0 Å². The first-order valence-corrected chi connectivity index (χ1v) is 3.13. The van der Waals surface area contributed by atoms with Crippen molar-refractivity contribution in [1.29, 1.82) is 0 Å². The van der Waals surface area contributed by atoms with Gasteiger partial charge in [0.15, 0.2) is 0 Å². The molecular formula is C5H6NS. The molecule has 0 aromatic carbocycles. The third-order valence-electron chi connectivity index (χ3n) is 0.612. The van der Waals surface area contributed by atoms with Gasteiger partial charge in [-0.05, 0) is 11.5 Å². The van der Waals surface area contributed by atoms with E-state index in [0.29, 0.717) is 0 Å². The lowest BCUT2D eigenvalue weighted by Crippen LogP contribution is -2.00. The number of nitrogens with one attached hydrogen (secondary N) is 1. The molecule has 0 saturated carbocycles. The summed E-state index contributed by atoms with van der Waals surface area (Å²) in [5, 5.41) is 4.98. The Kier molecular flexibility index (Phi) is 1.88. The summed E-state index contributed by atoms with van der Waals surface area (Å²) in [6.07, 6.45) is 6.69. The highest BCUT2D eigenvalue weighted by Crippen LogP contribution is 2.00. The zero-order valence-corrected chi connectivity index (χ0v) is 4.66. The van der Waals surface area contributed by atoms with Crippen molar-refractivity contribution in [2.45, 2.75) is 0 Å². The third kappa shape index (κ3) is 1.69. The Morgan fingerprint density at radius 1 is 1.71 bits per heavy atom. The van der Waals surface area contributed by atoms with Crippen molar-refractivity contribution in [3.8, 4) is 0 Å². The van der Waals surface area contributed by atoms with E-state index in [1.807, 2.05) is 17.6 Å². The van der Waals surface area contributed by atoms with E-state index < -0.39 is 0 Å². The van der Waals surface area contributed by atoms with E-state index in [0.717, 1.165) is 5.88 Å². The fraction of sp³-hybridized carbons (Fsp3) is 0.200. The molecule has 7 heavy (non-hydrogen) atoms. The Labute approximate surface area is 47.5 Å². The molecule has 1 nitrogen and oxygen atoms in total. The minimum atomic E-state index is 0.938. The van der Waals surface area contributed by atoms with Crippen molar-refractivity contribution in [3.63, 3.8) is 0 Å². The summed E-state index contributed by atoms with van der Waals surface area (Å²) in [6, 6.07) is 0. The summed E-state index contributed by atoms with van der Waals surface area (Å²) in [5.41, 5.74) is 0. The van der Waals surface area contributed by atoms with Gasteiger partial charge in [0.25, 0.3) is 0 Å². The van der Waals surface area contributed by atoms with Gasteiger partial charge in [0.05, 0.1) is 12.1 Å². The van der Waals surface area contributed by atoms with Gasteiger partial charge < -0.3 is 5.32 Å². The molecule has 1 N–H and O–H groups in total. The second kappa shape index (κ2) is 2.75. The number of allylic oxidation sites excluding steroid dienone is 2. The second-order valence-corrected chi connectivity index (χ2v) is 2.02. The summed E-state index contributed by atoms with van der Waals surface area (Å²) in [7, 11) is 0. The lowest BCUT2D eigenvalue weighted by molar-refractivity contribution is 1.03. The smallest absolute Gasteiger partial charge is 0.0651 e. The van der Waals surface area contributed by atoms with Crippen molar-refractivity contribution < 1.29 is 0 Å². The predicted molar refractivity (Wildman–Crippen MR) is 32.5 cm³/mol. The molecular weight excluding hydrogens is 106 g/mol. The molecule has 0 fully saturated rings. The monoisotopic (exact) mass is 112 g/mol. The molecule has 0 aromatic heterocycles. The highest BCUT2D eigenvalue weighted by atomic mass is 32.2. The summed E-state index contributed by atoms with van der Waals surface area (Å²) in [5.74, 6) is 0.938. The summed E-state index contributed by atoms with van der Waals surface area (Å²) >= 11 is 1.73. The summed E-state index contributed by atoms with van der Waals surface area (Å²) < 4.78 is 0. The molecule has 0 saturated heterocycles. The van der Waals surface area contributed by atoms with Gasteiger partial charge in [0.1, 0.15) is 0 Å². The van der Waals surface area contributed by atoms with Crippen LogP contribution in [-0.2, 0) is 0 Å². The number of hydrogen-bond acceptors (Lipinski definition) is 2. The van der Waals surface area contributed by atoms with E-state index in [-0.39, 0.29) is 0 Å². The quantitative estimate of drug-likeness (QED) is 0.504. The van der Waals surface area contributed by atoms with Gasteiger partial charge in [0, 0.05) is 0 Å². The van der Waals surface area contributed by atoms with E-state index >= 15 is 0 Å². The van der Waals surface area contributed by atoms with Crippen LogP contribution in [0.2, 0.25) is 0 Å². The SMILES string of the molecule is [C]1=CC=CSCN1. The van der Waals surface area contributed by atoms with Crippen LogP contribution in [0.15, 0.2) is 17.6 Å². The van der Waals surface area contributed by atoms with Gasteiger partial charge in [-0.1, -0.05) is 6.08 Å². The van der Waals surface area contributed by atoms with Crippen molar-refractivity contribution in [3.05, 3.63) is 23.8 Å². The van der Waals surface area contributed by atoms with E-state index in [9.17, 15) is 0 Å². The highest BCUT2D eigenvalue weighted by Gasteiger charge is 1.79. The molecule has 1 radical (unpaired) electrons. The van der Waals surface area contributed by atoms with Gasteiger partial charge in [0.2, 0.25) is 0 Å². The fourth-order valence-electron chi connectivity index (χ4n) is 0.333. The summed E-state index contributed by atoms with van der Waals surface area (Å²) in [4.78, 5) is 0. The van der Waals surface area contributed by atoms with E-state index in [2.05, 4.69) is 11.5 Å². The Hall–Kier alpha value is -0.370. The first-order chi connectivity index (χ1) is 3.50. The van der Waals surface area contributed by atoms with Crippen LogP contribution in [0, 0.1) is 6.20 Å². The highest BCUT2D eigenvalue weighted by molar-refractivity contribution is 8.02.